The fourth-order valence-electron chi connectivity index (χ4n) is 1.38. The molecule has 0 spiro atoms. The van der Waals surface area contributed by atoms with Crippen LogP contribution in [0, 0.1) is 0 Å². The fourth-order valence-corrected chi connectivity index (χ4v) is 2.44. The fraction of sp³-hybridized carbons (Fsp3) is 0.538. The van der Waals surface area contributed by atoms with E-state index in [1.807, 2.05) is 32.9 Å². The SMILES string of the molecule is C[C@@H](Cc1ccc(Br)cc1)N[S@@](=O)C(C)(C)C. The minimum Gasteiger partial charge on any atom is -0.242 e. The maximum atomic E-state index is 11.9. The van der Waals surface area contributed by atoms with E-state index >= 15 is 0 Å². The van der Waals surface area contributed by atoms with Crippen molar-refractivity contribution in [1.29, 1.82) is 0 Å². The van der Waals surface area contributed by atoms with E-state index in [-0.39, 0.29) is 10.8 Å². The van der Waals surface area contributed by atoms with Gasteiger partial charge in [0, 0.05) is 10.5 Å². The first-order chi connectivity index (χ1) is 7.79. The lowest BCUT2D eigenvalue weighted by Crippen LogP contribution is -2.39. The predicted octanol–water partition coefficient (Wildman–Crippen LogP) is 3.43. The highest BCUT2D eigenvalue weighted by Gasteiger charge is 2.21. The average molecular weight is 318 g/mol. The summed E-state index contributed by atoms with van der Waals surface area (Å²) < 4.78 is 15.9. The van der Waals surface area contributed by atoms with E-state index in [9.17, 15) is 4.21 Å². The lowest BCUT2D eigenvalue weighted by molar-refractivity contribution is 0.604. The van der Waals surface area contributed by atoms with E-state index < -0.39 is 11.0 Å². The Morgan fingerprint density at radius 1 is 1.29 bits per heavy atom. The summed E-state index contributed by atoms with van der Waals surface area (Å²) in [6.07, 6.45) is 0.884. The monoisotopic (exact) mass is 317 g/mol. The van der Waals surface area contributed by atoms with Gasteiger partial charge < -0.3 is 0 Å². The van der Waals surface area contributed by atoms with Crippen molar-refractivity contribution < 1.29 is 4.21 Å². The number of rotatable bonds is 4. The van der Waals surface area contributed by atoms with Gasteiger partial charge >= 0.3 is 0 Å². The van der Waals surface area contributed by atoms with Crippen molar-refractivity contribution in [3.05, 3.63) is 34.3 Å². The molecule has 1 aromatic carbocycles. The topological polar surface area (TPSA) is 29.1 Å². The first-order valence-corrected chi connectivity index (χ1v) is 7.66. The third kappa shape index (κ3) is 5.32. The molecule has 0 heterocycles. The van der Waals surface area contributed by atoms with Crippen LogP contribution in [-0.2, 0) is 17.4 Å². The summed E-state index contributed by atoms with van der Waals surface area (Å²) >= 11 is 3.41. The maximum Gasteiger partial charge on any atom is 0.0972 e. The van der Waals surface area contributed by atoms with Crippen LogP contribution in [-0.4, -0.2) is 15.0 Å². The summed E-state index contributed by atoms with van der Waals surface area (Å²) in [4.78, 5) is 0. The molecule has 0 unspecified atom stereocenters. The van der Waals surface area contributed by atoms with Gasteiger partial charge in [0.1, 0.15) is 0 Å². The van der Waals surface area contributed by atoms with Crippen molar-refractivity contribution in [2.45, 2.75) is 44.9 Å². The molecule has 0 amide bonds. The van der Waals surface area contributed by atoms with Crippen molar-refractivity contribution in [1.82, 2.24) is 4.72 Å². The molecule has 0 radical (unpaired) electrons. The van der Waals surface area contributed by atoms with Gasteiger partial charge in [-0.1, -0.05) is 28.1 Å². The third-order valence-electron chi connectivity index (χ3n) is 2.32. The van der Waals surface area contributed by atoms with Crippen molar-refractivity contribution >= 4 is 26.9 Å². The van der Waals surface area contributed by atoms with Gasteiger partial charge in [0.05, 0.1) is 15.7 Å². The zero-order chi connectivity index (χ0) is 13.1. The van der Waals surface area contributed by atoms with E-state index in [0.29, 0.717) is 0 Å². The van der Waals surface area contributed by atoms with Crippen molar-refractivity contribution in [2.75, 3.05) is 0 Å². The van der Waals surface area contributed by atoms with Gasteiger partial charge in [0.15, 0.2) is 0 Å². The molecule has 0 fully saturated rings. The minimum atomic E-state index is -1.00. The molecule has 17 heavy (non-hydrogen) atoms. The van der Waals surface area contributed by atoms with Gasteiger partial charge in [-0.2, -0.15) is 0 Å². The quantitative estimate of drug-likeness (QED) is 0.905. The summed E-state index contributed by atoms with van der Waals surface area (Å²) in [5.74, 6) is 0. The lowest BCUT2D eigenvalue weighted by Gasteiger charge is -2.22. The second-order valence-corrected chi connectivity index (χ2v) is 8.14. The highest BCUT2D eigenvalue weighted by molar-refractivity contribution is 9.10. The molecule has 2 atom stereocenters. The molecule has 0 bridgehead atoms. The normalized spacial score (nSPS) is 15.6. The highest BCUT2D eigenvalue weighted by atomic mass is 79.9. The zero-order valence-corrected chi connectivity index (χ0v) is 13.2. The Balaban J connectivity index is 2.53. The van der Waals surface area contributed by atoms with Gasteiger partial charge in [-0.3, -0.25) is 0 Å². The Hall–Kier alpha value is -0.190. The van der Waals surface area contributed by atoms with Crippen molar-refractivity contribution in [3.8, 4) is 0 Å². The molecule has 1 rings (SSSR count). The molecule has 0 saturated carbocycles. The average Bonchev–Trinajstić information content (AvgIpc) is 2.20. The molecule has 1 aromatic rings. The van der Waals surface area contributed by atoms with Crippen LogP contribution in [0.1, 0.15) is 33.3 Å². The largest absolute Gasteiger partial charge is 0.242 e. The number of hydrogen-bond acceptors (Lipinski definition) is 1. The van der Waals surface area contributed by atoms with Gasteiger partial charge in [0.2, 0.25) is 0 Å². The number of nitrogens with one attached hydrogen (secondary N) is 1. The smallest absolute Gasteiger partial charge is 0.0972 e. The molecule has 2 nitrogen and oxygen atoms in total. The number of benzene rings is 1. The molecule has 1 N–H and O–H groups in total. The maximum absolute atomic E-state index is 11.9. The Labute approximate surface area is 115 Å². The van der Waals surface area contributed by atoms with Gasteiger partial charge in [-0.05, 0) is 51.8 Å². The minimum absolute atomic E-state index is 0.205. The second kappa shape index (κ2) is 6.12. The molecule has 0 aliphatic rings. The van der Waals surface area contributed by atoms with Crippen LogP contribution in [0.4, 0.5) is 0 Å². The summed E-state index contributed by atoms with van der Waals surface area (Å²) in [6, 6.07) is 8.44. The van der Waals surface area contributed by atoms with Crippen molar-refractivity contribution in [2.24, 2.45) is 0 Å². The highest BCUT2D eigenvalue weighted by Crippen LogP contribution is 2.13. The van der Waals surface area contributed by atoms with Crippen LogP contribution in [0.3, 0.4) is 0 Å². The second-order valence-electron chi connectivity index (χ2n) is 5.23. The summed E-state index contributed by atoms with van der Waals surface area (Å²) in [6.45, 7) is 7.99. The molecule has 96 valence electrons. The Kier molecular flexibility index (Phi) is 5.35. The first-order valence-electron chi connectivity index (χ1n) is 5.71. The standard InChI is InChI=1S/C13H20BrNOS/c1-10(15-17(16)13(2,3)4)9-11-5-7-12(14)8-6-11/h5-8,10,15H,9H2,1-4H3/t10-,17-/m0/s1. The van der Waals surface area contributed by atoms with Gasteiger partial charge in [-0.25, -0.2) is 8.93 Å². The van der Waals surface area contributed by atoms with Crippen LogP contribution in [0.25, 0.3) is 0 Å². The van der Waals surface area contributed by atoms with E-state index in [2.05, 4.69) is 39.7 Å². The van der Waals surface area contributed by atoms with Crippen LogP contribution in [0.2, 0.25) is 0 Å². The molecule has 0 aliphatic carbocycles. The summed E-state index contributed by atoms with van der Waals surface area (Å²) in [5.41, 5.74) is 1.25. The number of halogens is 1. The van der Waals surface area contributed by atoms with Crippen molar-refractivity contribution in [3.63, 3.8) is 0 Å². The molecule has 4 heteroatoms. The Morgan fingerprint density at radius 2 is 1.82 bits per heavy atom. The Bertz CT molecular complexity index is 383. The third-order valence-corrected chi connectivity index (χ3v) is 4.58. The van der Waals surface area contributed by atoms with Gasteiger partial charge in [0.25, 0.3) is 0 Å². The lowest BCUT2D eigenvalue weighted by atomic mass is 10.1. The van der Waals surface area contributed by atoms with Gasteiger partial charge in [-0.15, -0.1) is 0 Å². The van der Waals surface area contributed by atoms with Crippen LogP contribution >= 0.6 is 15.9 Å². The molecular weight excluding hydrogens is 298 g/mol. The first kappa shape index (κ1) is 14.9. The molecule has 0 aromatic heterocycles. The molecular formula is C13H20BrNOS. The Morgan fingerprint density at radius 3 is 2.29 bits per heavy atom. The van der Waals surface area contributed by atoms with E-state index in [0.717, 1.165) is 10.9 Å². The van der Waals surface area contributed by atoms with Crippen LogP contribution in [0.5, 0.6) is 0 Å². The number of hydrogen-bond donors (Lipinski definition) is 1. The molecule has 0 saturated heterocycles. The zero-order valence-electron chi connectivity index (χ0n) is 10.8. The molecule has 0 aliphatic heterocycles. The van der Waals surface area contributed by atoms with E-state index in [4.69, 9.17) is 0 Å². The van der Waals surface area contributed by atoms with E-state index in [1.54, 1.807) is 0 Å². The van der Waals surface area contributed by atoms with Crippen LogP contribution in [0.15, 0.2) is 28.7 Å². The summed E-state index contributed by atoms with van der Waals surface area (Å²) in [5, 5.41) is 0. The predicted molar refractivity (Wildman–Crippen MR) is 78.3 cm³/mol. The van der Waals surface area contributed by atoms with Crippen LogP contribution < -0.4 is 4.72 Å². The van der Waals surface area contributed by atoms with E-state index in [1.165, 1.54) is 5.56 Å². The summed E-state index contributed by atoms with van der Waals surface area (Å²) in [7, 11) is -1.00.